The molecule has 0 spiro atoms. The van der Waals surface area contributed by atoms with Gasteiger partial charge in [-0.25, -0.2) is 0 Å². The van der Waals surface area contributed by atoms with Gasteiger partial charge in [-0.05, 0) is 0 Å². The Labute approximate surface area is 60.1 Å². The Kier molecular flexibility index (Phi) is 2.45. The number of amides is 1. The Morgan fingerprint density at radius 2 is 2.60 bits per heavy atom. The predicted molar refractivity (Wildman–Crippen MR) is 37.6 cm³/mol. The Morgan fingerprint density at radius 1 is 1.80 bits per heavy atom. The molecule has 1 heterocycles. The molecule has 0 atom stereocenters. The van der Waals surface area contributed by atoms with Crippen LogP contribution in [-0.2, 0) is 9.53 Å². The molecule has 0 fully saturated rings. The van der Waals surface area contributed by atoms with E-state index in [1.165, 1.54) is 0 Å². The summed E-state index contributed by atoms with van der Waals surface area (Å²) in [6.07, 6.45) is 2.56. The number of hydrogen-bond acceptors (Lipinski definition) is 2. The van der Waals surface area contributed by atoms with Crippen molar-refractivity contribution >= 4 is 5.91 Å². The highest BCUT2D eigenvalue weighted by Gasteiger charge is 2.09. The Hall–Kier alpha value is -0.830. The number of carbonyl (C=O) groups excluding carboxylic acids is 1. The van der Waals surface area contributed by atoms with Gasteiger partial charge in [0.2, 0.25) is 5.91 Å². The molecule has 0 aromatic heterocycles. The van der Waals surface area contributed by atoms with Gasteiger partial charge in [-0.1, -0.05) is 6.08 Å². The first-order valence-electron chi connectivity index (χ1n) is 3.33. The van der Waals surface area contributed by atoms with Crippen molar-refractivity contribution < 1.29 is 9.53 Å². The van der Waals surface area contributed by atoms with Crippen molar-refractivity contribution in [2.45, 2.75) is 6.42 Å². The molecule has 10 heavy (non-hydrogen) atoms. The smallest absolute Gasteiger partial charge is 0.246 e. The Bertz CT molecular complexity index is 163. The zero-order valence-corrected chi connectivity index (χ0v) is 6.02. The maximum absolute atomic E-state index is 10.9. The molecule has 1 aliphatic heterocycles. The van der Waals surface area contributed by atoms with E-state index in [4.69, 9.17) is 4.74 Å². The van der Waals surface area contributed by atoms with Gasteiger partial charge in [-0.3, -0.25) is 4.79 Å². The fourth-order valence-electron chi connectivity index (χ4n) is 0.894. The summed E-state index contributed by atoms with van der Waals surface area (Å²) >= 11 is 0. The molecule has 0 unspecified atom stereocenters. The van der Waals surface area contributed by atoms with Crippen LogP contribution in [0.4, 0.5) is 0 Å². The van der Waals surface area contributed by atoms with E-state index in [9.17, 15) is 4.79 Å². The third-order valence-corrected chi connectivity index (χ3v) is 1.48. The van der Waals surface area contributed by atoms with E-state index < -0.39 is 0 Å². The van der Waals surface area contributed by atoms with Crippen LogP contribution in [0.2, 0.25) is 0 Å². The number of ether oxygens (including phenoxy) is 1. The summed E-state index contributed by atoms with van der Waals surface area (Å²) in [5.41, 5.74) is 0.841. The standard InChI is InChI=1S/C7H11NO2/c1-8-7(9)6-2-4-10-5-3-6/h2H,3-5H2,1H3,(H,8,9). The topological polar surface area (TPSA) is 38.3 Å². The van der Waals surface area contributed by atoms with Gasteiger partial charge >= 0.3 is 0 Å². The van der Waals surface area contributed by atoms with Crippen molar-refractivity contribution in [2.24, 2.45) is 0 Å². The minimum atomic E-state index is 0.0169. The van der Waals surface area contributed by atoms with E-state index in [0.29, 0.717) is 13.2 Å². The fraction of sp³-hybridized carbons (Fsp3) is 0.571. The van der Waals surface area contributed by atoms with E-state index in [2.05, 4.69) is 5.32 Å². The zero-order valence-electron chi connectivity index (χ0n) is 6.02. The largest absolute Gasteiger partial charge is 0.377 e. The van der Waals surface area contributed by atoms with Crippen LogP contribution in [-0.4, -0.2) is 26.2 Å². The summed E-state index contributed by atoms with van der Waals surface area (Å²) < 4.78 is 5.04. The van der Waals surface area contributed by atoms with Gasteiger partial charge in [0.05, 0.1) is 13.2 Å². The van der Waals surface area contributed by atoms with Gasteiger partial charge in [0.1, 0.15) is 0 Å². The van der Waals surface area contributed by atoms with Crippen LogP contribution in [0.1, 0.15) is 6.42 Å². The predicted octanol–water partition coefficient (Wildman–Crippen LogP) is 0.0791. The highest BCUT2D eigenvalue weighted by molar-refractivity contribution is 5.93. The number of hydrogen-bond donors (Lipinski definition) is 1. The number of nitrogens with one attached hydrogen (secondary N) is 1. The van der Waals surface area contributed by atoms with Crippen LogP contribution in [0.25, 0.3) is 0 Å². The molecular weight excluding hydrogens is 130 g/mol. The molecule has 0 saturated carbocycles. The summed E-state index contributed by atoms with van der Waals surface area (Å²) in [7, 11) is 1.64. The molecule has 1 N–H and O–H groups in total. The molecule has 0 radical (unpaired) electrons. The second-order valence-electron chi connectivity index (χ2n) is 2.13. The Balaban J connectivity index is 2.53. The normalized spacial score (nSPS) is 17.9. The number of likely N-dealkylation sites (N-methyl/N-ethyl adjacent to an activating group) is 1. The van der Waals surface area contributed by atoms with Crippen molar-refractivity contribution in [1.29, 1.82) is 0 Å². The van der Waals surface area contributed by atoms with Crippen molar-refractivity contribution in [1.82, 2.24) is 5.32 Å². The molecule has 56 valence electrons. The van der Waals surface area contributed by atoms with E-state index in [-0.39, 0.29) is 5.91 Å². The summed E-state index contributed by atoms with van der Waals surface area (Å²) in [4.78, 5) is 10.9. The lowest BCUT2D eigenvalue weighted by Gasteiger charge is -2.11. The lowest BCUT2D eigenvalue weighted by molar-refractivity contribution is -0.117. The van der Waals surface area contributed by atoms with Crippen LogP contribution in [0.3, 0.4) is 0 Å². The second kappa shape index (κ2) is 3.37. The quantitative estimate of drug-likeness (QED) is 0.561. The highest BCUT2D eigenvalue weighted by Crippen LogP contribution is 2.06. The first-order valence-corrected chi connectivity index (χ1v) is 3.33. The van der Waals surface area contributed by atoms with Crippen LogP contribution < -0.4 is 5.32 Å². The van der Waals surface area contributed by atoms with Crippen LogP contribution in [0, 0.1) is 0 Å². The van der Waals surface area contributed by atoms with Gasteiger partial charge in [-0.2, -0.15) is 0 Å². The van der Waals surface area contributed by atoms with E-state index in [0.717, 1.165) is 12.0 Å². The average molecular weight is 141 g/mol. The molecule has 3 heteroatoms. The van der Waals surface area contributed by atoms with Crippen molar-refractivity contribution in [3.63, 3.8) is 0 Å². The maximum atomic E-state index is 10.9. The third kappa shape index (κ3) is 1.57. The van der Waals surface area contributed by atoms with Crippen LogP contribution in [0.15, 0.2) is 11.6 Å². The first-order chi connectivity index (χ1) is 4.84. The summed E-state index contributed by atoms with van der Waals surface area (Å²) in [5.74, 6) is 0.0169. The van der Waals surface area contributed by atoms with E-state index in [1.54, 1.807) is 7.05 Å². The summed E-state index contributed by atoms with van der Waals surface area (Å²) in [6, 6.07) is 0. The first kappa shape index (κ1) is 7.28. The summed E-state index contributed by atoms with van der Waals surface area (Å²) in [6.45, 7) is 1.24. The third-order valence-electron chi connectivity index (χ3n) is 1.48. The van der Waals surface area contributed by atoms with Crippen molar-refractivity contribution in [3.05, 3.63) is 11.6 Å². The zero-order chi connectivity index (χ0) is 7.40. The lowest BCUT2D eigenvalue weighted by Crippen LogP contribution is -2.23. The molecule has 1 rings (SSSR count). The second-order valence-corrected chi connectivity index (χ2v) is 2.13. The molecule has 0 bridgehead atoms. The maximum Gasteiger partial charge on any atom is 0.246 e. The molecule has 0 aromatic carbocycles. The molecule has 0 aromatic rings. The highest BCUT2D eigenvalue weighted by atomic mass is 16.5. The van der Waals surface area contributed by atoms with Gasteiger partial charge in [-0.15, -0.1) is 0 Å². The van der Waals surface area contributed by atoms with Crippen LogP contribution in [0.5, 0.6) is 0 Å². The SMILES string of the molecule is CNC(=O)C1=CCOCC1. The fourth-order valence-corrected chi connectivity index (χ4v) is 0.894. The number of rotatable bonds is 1. The molecule has 0 saturated heterocycles. The van der Waals surface area contributed by atoms with Gasteiger partial charge < -0.3 is 10.1 Å². The van der Waals surface area contributed by atoms with Crippen LogP contribution >= 0.6 is 0 Å². The molecule has 3 nitrogen and oxygen atoms in total. The molecular formula is C7H11NO2. The van der Waals surface area contributed by atoms with Gasteiger partial charge in [0.25, 0.3) is 0 Å². The summed E-state index contributed by atoms with van der Waals surface area (Å²) in [5, 5.41) is 2.57. The van der Waals surface area contributed by atoms with Crippen molar-refractivity contribution in [2.75, 3.05) is 20.3 Å². The van der Waals surface area contributed by atoms with E-state index in [1.807, 2.05) is 6.08 Å². The molecule has 0 aliphatic carbocycles. The monoisotopic (exact) mass is 141 g/mol. The average Bonchev–Trinajstić information content (AvgIpc) is 2.05. The molecule has 1 aliphatic rings. The van der Waals surface area contributed by atoms with Gasteiger partial charge in [0.15, 0.2) is 0 Å². The Morgan fingerprint density at radius 3 is 3.10 bits per heavy atom. The lowest BCUT2D eigenvalue weighted by atomic mass is 10.1. The van der Waals surface area contributed by atoms with Gasteiger partial charge in [0, 0.05) is 19.0 Å². The van der Waals surface area contributed by atoms with E-state index >= 15 is 0 Å². The minimum absolute atomic E-state index is 0.0169. The molecule has 1 amide bonds. The number of carbonyl (C=O) groups is 1. The minimum Gasteiger partial charge on any atom is -0.377 e. The van der Waals surface area contributed by atoms with Crippen molar-refractivity contribution in [3.8, 4) is 0 Å².